The highest BCUT2D eigenvalue weighted by molar-refractivity contribution is 9.10. The second-order valence-corrected chi connectivity index (χ2v) is 11.5. The molecule has 1 saturated heterocycles. The Morgan fingerprint density at radius 3 is 2.56 bits per heavy atom. The average Bonchev–Trinajstić information content (AvgIpc) is 3.47. The van der Waals surface area contributed by atoms with Crippen LogP contribution < -0.4 is 10.6 Å². The zero-order chi connectivity index (χ0) is 28.5. The number of nitrogens with zero attached hydrogens (tertiary/aromatic N) is 3. The van der Waals surface area contributed by atoms with Crippen LogP contribution in [0.2, 0.25) is 0 Å². The van der Waals surface area contributed by atoms with Gasteiger partial charge in [-0.1, -0.05) is 54.6 Å². The van der Waals surface area contributed by atoms with E-state index in [4.69, 9.17) is 12.2 Å². The number of pyridine rings is 1. The highest BCUT2D eigenvalue weighted by Gasteiger charge is 2.41. The minimum absolute atomic E-state index is 0.0529. The Kier molecular flexibility index (Phi) is 7.60. The molecule has 1 fully saturated rings. The summed E-state index contributed by atoms with van der Waals surface area (Å²) in [5.41, 5.74) is 6.20. The number of thiocarbonyl (C=S) groups is 1. The van der Waals surface area contributed by atoms with Crippen molar-refractivity contribution in [3.8, 4) is 5.69 Å². The minimum Gasteiger partial charge on any atom is -0.352 e. The fourth-order valence-corrected chi connectivity index (χ4v) is 6.64. The Morgan fingerprint density at radius 1 is 1.00 bits per heavy atom. The number of para-hydroxylation sites is 1. The van der Waals surface area contributed by atoms with Crippen LogP contribution in [-0.4, -0.2) is 32.0 Å². The molecule has 2 atom stereocenters. The monoisotopic (exact) mass is 623 g/mol. The second kappa shape index (κ2) is 11.5. The summed E-state index contributed by atoms with van der Waals surface area (Å²) in [7, 11) is 0. The molecule has 206 valence electrons. The van der Waals surface area contributed by atoms with Gasteiger partial charge in [-0.25, -0.2) is 0 Å². The second-order valence-electron chi connectivity index (χ2n) is 10.3. The molecule has 6 rings (SSSR count). The lowest BCUT2D eigenvalue weighted by Gasteiger charge is -2.28. The molecule has 41 heavy (non-hydrogen) atoms. The summed E-state index contributed by atoms with van der Waals surface area (Å²) in [4.78, 5) is 20.1. The first-order chi connectivity index (χ1) is 19.9. The molecule has 3 heterocycles. The van der Waals surface area contributed by atoms with Crippen molar-refractivity contribution >= 4 is 55.6 Å². The van der Waals surface area contributed by atoms with E-state index in [0.29, 0.717) is 18.1 Å². The predicted molar refractivity (Wildman–Crippen MR) is 172 cm³/mol. The maximum atomic E-state index is 13.2. The SMILES string of the molecule is Cc1cc([C@H]2[C@@H](c3ccccn3)NC(=S)N2CCC(=O)Nc2cccc3ccccc23)c(C)n1-c1ccccc1Br. The zero-order valence-corrected chi connectivity index (χ0v) is 25.2. The highest BCUT2D eigenvalue weighted by atomic mass is 79.9. The smallest absolute Gasteiger partial charge is 0.226 e. The number of benzene rings is 3. The van der Waals surface area contributed by atoms with Crippen LogP contribution in [-0.2, 0) is 4.79 Å². The maximum Gasteiger partial charge on any atom is 0.226 e. The van der Waals surface area contributed by atoms with Gasteiger partial charge in [0.2, 0.25) is 5.91 Å². The fourth-order valence-electron chi connectivity index (χ4n) is 5.84. The van der Waals surface area contributed by atoms with Gasteiger partial charge in [-0.05, 0) is 89.3 Å². The number of carbonyl (C=O) groups is 1. The first kappa shape index (κ1) is 27.2. The molecule has 0 saturated carbocycles. The number of aryl methyl sites for hydroxylation is 1. The molecule has 0 bridgehead atoms. The van der Waals surface area contributed by atoms with E-state index in [2.05, 4.69) is 73.1 Å². The quantitative estimate of drug-likeness (QED) is 0.185. The van der Waals surface area contributed by atoms with Crippen LogP contribution in [0.15, 0.2) is 102 Å². The summed E-state index contributed by atoms with van der Waals surface area (Å²) in [5.74, 6) is -0.0529. The van der Waals surface area contributed by atoms with E-state index in [0.717, 1.165) is 49.3 Å². The summed E-state index contributed by atoms with van der Waals surface area (Å²) in [5, 5.41) is 9.37. The molecule has 5 aromatic rings. The van der Waals surface area contributed by atoms with Crippen LogP contribution in [0.25, 0.3) is 16.5 Å². The lowest BCUT2D eigenvalue weighted by Crippen LogP contribution is -2.33. The number of aromatic nitrogens is 2. The summed E-state index contributed by atoms with van der Waals surface area (Å²) in [6, 6.07) is 30.1. The molecule has 1 amide bonds. The molecule has 2 N–H and O–H groups in total. The Balaban J connectivity index is 1.32. The molecule has 0 spiro atoms. The van der Waals surface area contributed by atoms with Crippen molar-refractivity contribution in [3.05, 3.63) is 124 Å². The first-order valence-electron chi connectivity index (χ1n) is 13.6. The van der Waals surface area contributed by atoms with E-state index in [9.17, 15) is 4.79 Å². The number of halogens is 1. The Hall–Kier alpha value is -4.01. The van der Waals surface area contributed by atoms with Crippen molar-refractivity contribution in [3.63, 3.8) is 0 Å². The van der Waals surface area contributed by atoms with E-state index >= 15 is 0 Å². The van der Waals surface area contributed by atoms with Crippen LogP contribution >= 0.6 is 28.1 Å². The number of fused-ring (bicyclic) bond motifs is 1. The molecule has 0 unspecified atom stereocenters. The van der Waals surface area contributed by atoms with Gasteiger partial charge in [-0.2, -0.15) is 0 Å². The molecule has 2 aromatic heterocycles. The fraction of sp³-hybridized carbons (Fsp3) is 0.182. The van der Waals surface area contributed by atoms with E-state index < -0.39 is 0 Å². The summed E-state index contributed by atoms with van der Waals surface area (Å²) in [6.45, 7) is 4.73. The highest BCUT2D eigenvalue weighted by Crippen LogP contribution is 2.42. The molecule has 0 radical (unpaired) electrons. The number of carbonyl (C=O) groups excluding carboxylic acids is 1. The number of anilines is 1. The van der Waals surface area contributed by atoms with Crippen molar-refractivity contribution in [1.29, 1.82) is 0 Å². The van der Waals surface area contributed by atoms with Gasteiger partial charge >= 0.3 is 0 Å². The number of nitrogens with one attached hydrogen (secondary N) is 2. The van der Waals surface area contributed by atoms with Crippen molar-refractivity contribution < 1.29 is 4.79 Å². The average molecular weight is 625 g/mol. The summed E-state index contributed by atoms with van der Waals surface area (Å²) < 4.78 is 3.29. The third-order valence-electron chi connectivity index (χ3n) is 7.72. The van der Waals surface area contributed by atoms with E-state index in [-0.39, 0.29) is 18.0 Å². The van der Waals surface area contributed by atoms with Crippen LogP contribution in [0.3, 0.4) is 0 Å². The number of amides is 1. The van der Waals surface area contributed by atoms with Crippen LogP contribution in [0.5, 0.6) is 0 Å². The van der Waals surface area contributed by atoms with Crippen molar-refractivity contribution in [1.82, 2.24) is 19.8 Å². The van der Waals surface area contributed by atoms with Crippen molar-refractivity contribution in [2.45, 2.75) is 32.4 Å². The van der Waals surface area contributed by atoms with Crippen molar-refractivity contribution in [2.24, 2.45) is 0 Å². The lowest BCUT2D eigenvalue weighted by molar-refractivity contribution is -0.116. The zero-order valence-electron chi connectivity index (χ0n) is 22.8. The Labute approximate surface area is 253 Å². The van der Waals surface area contributed by atoms with Crippen molar-refractivity contribution in [2.75, 3.05) is 11.9 Å². The standard InChI is InChI=1S/C33H30BrN5OS/c1-21-20-25(22(2)39(21)29-16-6-5-13-26(29)34)32-31(28-14-7-8-18-35-28)37-33(41)38(32)19-17-30(40)36-27-15-9-11-23-10-3-4-12-24(23)27/h3-16,18,20,31-32H,17,19H2,1-2H3,(H,36,40)(H,37,41)/t31-,32+/m1/s1. The lowest BCUT2D eigenvalue weighted by atomic mass is 9.96. The molecule has 1 aliphatic rings. The molecule has 3 aromatic carbocycles. The molecule has 6 nitrogen and oxygen atoms in total. The summed E-state index contributed by atoms with van der Waals surface area (Å²) >= 11 is 9.61. The first-order valence-corrected chi connectivity index (χ1v) is 14.8. The van der Waals surface area contributed by atoms with E-state index in [1.165, 1.54) is 0 Å². The third kappa shape index (κ3) is 5.25. The van der Waals surface area contributed by atoms with Gasteiger partial charge in [-0.15, -0.1) is 0 Å². The molecular weight excluding hydrogens is 594 g/mol. The molecular formula is C33H30BrN5OS. The van der Waals surface area contributed by atoms with Crippen LogP contribution in [0.4, 0.5) is 5.69 Å². The largest absolute Gasteiger partial charge is 0.352 e. The Morgan fingerprint density at radius 2 is 1.76 bits per heavy atom. The van der Waals surface area contributed by atoms with Crippen LogP contribution in [0, 0.1) is 13.8 Å². The van der Waals surface area contributed by atoms with Gasteiger partial charge in [0.15, 0.2) is 5.11 Å². The van der Waals surface area contributed by atoms with Gasteiger partial charge in [-0.3, -0.25) is 9.78 Å². The number of rotatable bonds is 7. The molecule has 1 aliphatic heterocycles. The van der Waals surface area contributed by atoms with Gasteiger partial charge in [0.05, 0.1) is 23.5 Å². The summed E-state index contributed by atoms with van der Waals surface area (Å²) in [6.07, 6.45) is 2.10. The number of hydrogen-bond donors (Lipinski definition) is 2. The topological polar surface area (TPSA) is 62.2 Å². The third-order valence-corrected chi connectivity index (χ3v) is 8.75. The maximum absolute atomic E-state index is 13.2. The molecule has 0 aliphatic carbocycles. The predicted octanol–water partition coefficient (Wildman–Crippen LogP) is 7.41. The van der Waals surface area contributed by atoms with Gasteiger partial charge in [0, 0.05) is 46.1 Å². The molecule has 8 heteroatoms. The van der Waals surface area contributed by atoms with Gasteiger partial charge in [0.1, 0.15) is 0 Å². The van der Waals surface area contributed by atoms with Gasteiger partial charge in [0.25, 0.3) is 0 Å². The van der Waals surface area contributed by atoms with E-state index in [1.54, 1.807) is 0 Å². The number of hydrogen-bond acceptors (Lipinski definition) is 3. The normalized spacial score (nSPS) is 16.7. The minimum atomic E-state index is -0.155. The Bertz CT molecular complexity index is 1750. The van der Waals surface area contributed by atoms with Gasteiger partial charge < -0.3 is 20.1 Å². The van der Waals surface area contributed by atoms with E-state index in [1.807, 2.05) is 79.0 Å². The van der Waals surface area contributed by atoms with Crippen LogP contribution in [0.1, 0.15) is 41.1 Å².